The Labute approximate surface area is 285 Å². The summed E-state index contributed by atoms with van der Waals surface area (Å²) in [6.07, 6.45) is 12.6. The second kappa shape index (κ2) is 16.7. The van der Waals surface area contributed by atoms with Crippen molar-refractivity contribution in [1.82, 2.24) is 38.9 Å². The number of likely N-dealkylation sites (tertiary alicyclic amines) is 2. The van der Waals surface area contributed by atoms with Gasteiger partial charge < -0.3 is 0 Å². The van der Waals surface area contributed by atoms with Gasteiger partial charge in [0, 0.05) is 38.6 Å². The van der Waals surface area contributed by atoms with E-state index in [0.29, 0.717) is 47.0 Å². The normalized spacial score (nSPS) is 20.4. The van der Waals surface area contributed by atoms with Crippen LogP contribution in [0.5, 0.6) is 0 Å². The highest BCUT2D eigenvalue weighted by atomic mass is 16.1. The van der Waals surface area contributed by atoms with Crippen molar-refractivity contribution in [3.8, 4) is 0 Å². The molecule has 260 valence electrons. The summed E-state index contributed by atoms with van der Waals surface area (Å²) in [5, 5.41) is 0. The Balaban J connectivity index is 0.000000188. The molecule has 4 atom stereocenters. The zero-order chi connectivity index (χ0) is 34.2. The van der Waals surface area contributed by atoms with Gasteiger partial charge in [-0.1, -0.05) is 40.5 Å². The van der Waals surface area contributed by atoms with Crippen LogP contribution in [0.3, 0.4) is 0 Å². The number of rotatable bonds is 10. The van der Waals surface area contributed by atoms with Crippen LogP contribution >= 0.6 is 0 Å². The van der Waals surface area contributed by atoms with Crippen LogP contribution in [-0.2, 0) is 13.1 Å². The number of nitrogens with zero attached hydrogens (tertiary/aromatic N) is 8. The van der Waals surface area contributed by atoms with Crippen LogP contribution in [0.4, 0.5) is 0 Å². The lowest BCUT2D eigenvalue weighted by molar-refractivity contribution is 0.115. The van der Waals surface area contributed by atoms with E-state index in [9.17, 15) is 9.59 Å². The van der Waals surface area contributed by atoms with Crippen LogP contribution in [0.25, 0.3) is 22.1 Å². The van der Waals surface area contributed by atoms with Crippen LogP contribution in [-0.4, -0.2) is 65.0 Å². The molecule has 0 aromatic carbocycles. The van der Waals surface area contributed by atoms with E-state index in [1.165, 1.54) is 25.7 Å². The van der Waals surface area contributed by atoms with Crippen LogP contribution in [0, 0.1) is 11.8 Å². The van der Waals surface area contributed by atoms with Gasteiger partial charge in [-0.15, -0.1) is 0 Å². The molecule has 2 fully saturated rings. The molecular weight excluding hydrogens is 600 g/mol. The summed E-state index contributed by atoms with van der Waals surface area (Å²) in [7, 11) is 0. The van der Waals surface area contributed by atoms with Gasteiger partial charge in [0.15, 0.2) is 11.0 Å². The van der Waals surface area contributed by atoms with Crippen LogP contribution in [0.15, 0.2) is 46.2 Å². The maximum atomic E-state index is 12.9. The first-order valence-corrected chi connectivity index (χ1v) is 18.5. The predicted molar refractivity (Wildman–Crippen MR) is 194 cm³/mol. The van der Waals surface area contributed by atoms with Crippen molar-refractivity contribution in [3.63, 3.8) is 0 Å². The summed E-state index contributed by atoms with van der Waals surface area (Å²) in [5.74, 6) is 3.25. The molecule has 0 radical (unpaired) electrons. The molecule has 10 nitrogen and oxygen atoms in total. The third-order valence-electron chi connectivity index (χ3n) is 10.1. The van der Waals surface area contributed by atoms with E-state index in [-0.39, 0.29) is 23.2 Å². The highest BCUT2D eigenvalue weighted by Crippen LogP contribution is 2.31. The molecule has 2 aliphatic rings. The highest BCUT2D eigenvalue weighted by molar-refractivity contribution is 5.73. The molecule has 2 aliphatic heterocycles. The average Bonchev–Trinajstić information content (AvgIpc) is 3.10. The Hall–Kier alpha value is -3.50. The molecular formula is C38H56N8O2. The number of pyridine rings is 2. The second-order valence-electron chi connectivity index (χ2n) is 13.9. The molecule has 0 N–H and O–H groups in total. The zero-order valence-corrected chi connectivity index (χ0v) is 30.1. The Morgan fingerprint density at radius 3 is 1.46 bits per heavy atom. The molecule has 0 bridgehead atoms. The zero-order valence-electron chi connectivity index (χ0n) is 30.1. The van der Waals surface area contributed by atoms with Crippen LogP contribution in [0.1, 0.15) is 117 Å². The van der Waals surface area contributed by atoms with Gasteiger partial charge in [-0.2, -0.15) is 0 Å². The molecule has 0 saturated carbocycles. The quantitative estimate of drug-likeness (QED) is 0.184. The van der Waals surface area contributed by atoms with Gasteiger partial charge in [-0.3, -0.25) is 28.5 Å². The second-order valence-corrected chi connectivity index (χ2v) is 13.9. The van der Waals surface area contributed by atoms with E-state index < -0.39 is 0 Å². The van der Waals surface area contributed by atoms with Gasteiger partial charge in [0.05, 0.1) is 23.1 Å². The largest absolute Gasteiger partial charge is 0.294 e. The van der Waals surface area contributed by atoms with Crippen molar-refractivity contribution in [2.75, 3.05) is 26.2 Å². The van der Waals surface area contributed by atoms with Crippen LogP contribution in [0.2, 0.25) is 0 Å². The smallest absolute Gasteiger partial charge is 0.280 e. The Bertz CT molecular complexity index is 1640. The van der Waals surface area contributed by atoms with Gasteiger partial charge in [-0.05, 0) is 102 Å². The van der Waals surface area contributed by atoms with E-state index in [4.69, 9.17) is 9.97 Å². The summed E-state index contributed by atoms with van der Waals surface area (Å²) < 4.78 is 3.66. The highest BCUT2D eigenvalue weighted by Gasteiger charge is 2.30. The molecule has 0 unspecified atom stereocenters. The SMILES string of the molecule is CCC[C@@H](c1nc2cccnc2c(=O)n1CC)N1CCC[C@@H](C)C1.CCC[C@H](c1nc2cccnc2c(=O)n1CC)N1CCC[C@@H](C)C1. The fourth-order valence-electron chi connectivity index (χ4n) is 7.77. The maximum absolute atomic E-state index is 12.9. The lowest BCUT2D eigenvalue weighted by atomic mass is 9.97. The molecule has 0 amide bonds. The molecule has 4 aromatic rings. The Morgan fingerprint density at radius 2 is 1.10 bits per heavy atom. The molecule has 2 saturated heterocycles. The van der Waals surface area contributed by atoms with Gasteiger partial charge >= 0.3 is 0 Å². The first kappa shape index (κ1) is 35.8. The monoisotopic (exact) mass is 656 g/mol. The first-order chi connectivity index (χ1) is 23.3. The van der Waals surface area contributed by atoms with E-state index in [1.807, 2.05) is 47.2 Å². The first-order valence-electron chi connectivity index (χ1n) is 18.5. The molecule has 0 aliphatic carbocycles. The predicted octanol–water partition coefficient (Wildman–Crippen LogP) is 6.77. The van der Waals surface area contributed by atoms with Crippen LogP contribution < -0.4 is 11.1 Å². The fraction of sp³-hybridized carbons (Fsp3) is 0.632. The van der Waals surface area contributed by atoms with Gasteiger partial charge in [0.1, 0.15) is 11.6 Å². The standard InChI is InChI=1S/2C19H28N4O/c2*1-4-8-16(22-12-7-9-14(3)13-22)18-21-15-10-6-11-20-17(15)19(24)23(18)5-2/h2*6,10-11,14,16H,4-5,7-9,12-13H2,1-3H3/t14-,16+;14-,16-/m11/s1. The topological polar surface area (TPSA) is 102 Å². The minimum Gasteiger partial charge on any atom is -0.294 e. The number of hydrogen-bond donors (Lipinski definition) is 0. The fourth-order valence-corrected chi connectivity index (χ4v) is 7.77. The number of fused-ring (bicyclic) bond motifs is 2. The van der Waals surface area contributed by atoms with Crippen molar-refractivity contribution in [2.45, 2.75) is 118 Å². The molecule has 6 heterocycles. The molecule has 6 rings (SSSR count). The lowest BCUT2D eigenvalue weighted by Gasteiger charge is -2.37. The minimum atomic E-state index is -0.00994. The van der Waals surface area contributed by atoms with E-state index >= 15 is 0 Å². The van der Waals surface area contributed by atoms with Crippen molar-refractivity contribution >= 4 is 22.1 Å². The van der Waals surface area contributed by atoms with Crippen molar-refractivity contribution in [3.05, 3.63) is 69.0 Å². The van der Waals surface area contributed by atoms with E-state index in [2.05, 4.69) is 47.5 Å². The molecule has 0 spiro atoms. The molecule has 10 heteroatoms. The summed E-state index contributed by atoms with van der Waals surface area (Å²) in [6.45, 7) is 18.7. The van der Waals surface area contributed by atoms with Gasteiger partial charge in [-0.25, -0.2) is 19.9 Å². The summed E-state index contributed by atoms with van der Waals surface area (Å²) in [4.78, 5) is 49.1. The molecule has 48 heavy (non-hydrogen) atoms. The third-order valence-corrected chi connectivity index (χ3v) is 10.1. The summed E-state index contributed by atoms with van der Waals surface area (Å²) in [5.41, 5.74) is 2.37. The Morgan fingerprint density at radius 1 is 0.688 bits per heavy atom. The van der Waals surface area contributed by atoms with Crippen molar-refractivity contribution < 1.29 is 0 Å². The summed E-state index contributed by atoms with van der Waals surface area (Å²) >= 11 is 0. The average molecular weight is 657 g/mol. The van der Waals surface area contributed by atoms with Crippen molar-refractivity contribution in [2.24, 2.45) is 11.8 Å². The third kappa shape index (κ3) is 7.86. The minimum absolute atomic E-state index is 0.00994. The van der Waals surface area contributed by atoms with Crippen molar-refractivity contribution in [1.29, 1.82) is 0 Å². The Kier molecular flexibility index (Phi) is 12.5. The molecule has 4 aromatic heterocycles. The van der Waals surface area contributed by atoms with E-state index in [1.54, 1.807) is 12.4 Å². The van der Waals surface area contributed by atoms with Gasteiger partial charge in [0.25, 0.3) is 11.1 Å². The van der Waals surface area contributed by atoms with Gasteiger partial charge in [0.2, 0.25) is 0 Å². The number of hydrogen-bond acceptors (Lipinski definition) is 8. The number of aromatic nitrogens is 6. The van der Waals surface area contributed by atoms with E-state index in [0.717, 1.165) is 63.5 Å². The number of piperidine rings is 2. The maximum Gasteiger partial charge on any atom is 0.280 e. The lowest BCUT2D eigenvalue weighted by Crippen LogP contribution is -2.40. The summed E-state index contributed by atoms with van der Waals surface area (Å²) in [6, 6.07) is 7.94.